The van der Waals surface area contributed by atoms with E-state index in [0.29, 0.717) is 17.5 Å². The van der Waals surface area contributed by atoms with Crippen LogP contribution in [0.5, 0.6) is 0 Å². The van der Waals surface area contributed by atoms with Crippen molar-refractivity contribution >= 4 is 21.9 Å². The number of hydrogen-bond donors (Lipinski definition) is 0. The Morgan fingerprint density at radius 1 is 0.344 bits per heavy atom. The molecular formula is C57H41N3O. The van der Waals surface area contributed by atoms with Gasteiger partial charge in [0, 0.05) is 32.9 Å². The van der Waals surface area contributed by atoms with E-state index < -0.39 is 0 Å². The quantitative estimate of drug-likeness (QED) is 0.169. The highest BCUT2D eigenvalue weighted by atomic mass is 16.3. The maximum atomic E-state index is 6.31. The molecule has 1 saturated carbocycles. The van der Waals surface area contributed by atoms with Crippen LogP contribution in [0.1, 0.15) is 43.2 Å². The fourth-order valence-corrected chi connectivity index (χ4v) is 10.2. The molecule has 2 aliphatic carbocycles. The lowest BCUT2D eigenvalue weighted by molar-refractivity contribution is 0.353. The molecule has 0 saturated heterocycles. The van der Waals surface area contributed by atoms with E-state index in [1.54, 1.807) is 0 Å². The van der Waals surface area contributed by atoms with E-state index in [-0.39, 0.29) is 5.41 Å². The van der Waals surface area contributed by atoms with Gasteiger partial charge < -0.3 is 4.42 Å². The van der Waals surface area contributed by atoms with Gasteiger partial charge in [-0.15, -0.1) is 0 Å². The van der Waals surface area contributed by atoms with Crippen molar-refractivity contribution in [1.82, 2.24) is 15.0 Å². The third kappa shape index (κ3) is 6.01. The largest absolute Gasteiger partial charge is 0.456 e. The number of hydrogen-bond acceptors (Lipinski definition) is 4. The van der Waals surface area contributed by atoms with Crippen LogP contribution >= 0.6 is 0 Å². The monoisotopic (exact) mass is 783 g/mol. The lowest BCUT2D eigenvalue weighted by atomic mass is 9.68. The first-order valence-corrected chi connectivity index (χ1v) is 21.5. The highest BCUT2D eigenvalue weighted by Gasteiger charge is 2.44. The predicted molar refractivity (Wildman–Crippen MR) is 249 cm³/mol. The number of furan rings is 1. The third-order valence-corrected chi connectivity index (χ3v) is 13.1. The Labute approximate surface area is 355 Å². The standard InChI is InChI=1S/C57H41N3O/c1-3-14-37(15-4-1)38-26-28-39(29-27-38)54-58-55(60-56(59-54)44-30-31-47-46-20-6-8-25-51(46)61-52(47)36-44)43-19-12-17-41(35-43)40-16-11-18-42(34-40)45-22-13-24-50-53(45)48-21-5-7-23-49(48)57(50)32-9-2-10-33-57/h1,3-8,11-31,34-36H,2,9-10,32-33H2. The Morgan fingerprint density at radius 3 is 1.67 bits per heavy atom. The molecule has 0 amide bonds. The predicted octanol–water partition coefficient (Wildman–Crippen LogP) is 15.0. The smallest absolute Gasteiger partial charge is 0.164 e. The summed E-state index contributed by atoms with van der Waals surface area (Å²) in [5, 5.41) is 2.16. The molecular weight excluding hydrogens is 743 g/mol. The normalized spacial score (nSPS) is 14.0. The highest BCUT2D eigenvalue weighted by Crippen LogP contribution is 2.58. The SMILES string of the molecule is c1ccc(-c2ccc(-c3nc(-c4cccc(-c5cccc(-c6cccc7c6-c6ccccc6C76CCCCC6)c5)c4)nc(-c4ccc5c(c4)oc4ccccc45)n3)cc2)cc1. The number of rotatable bonds is 6. The van der Waals surface area contributed by atoms with E-state index in [9.17, 15) is 0 Å². The van der Waals surface area contributed by atoms with Crippen molar-refractivity contribution in [3.63, 3.8) is 0 Å². The first kappa shape index (κ1) is 35.5. The molecule has 1 spiro atoms. The van der Waals surface area contributed by atoms with Gasteiger partial charge in [-0.05, 0) is 98.8 Å². The molecule has 4 heteroatoms. The zero-order valence-corrected chi connectivity index (χ0v) is 33.7. The lowest BCUT2D eigenvalue weighted by Crippen LogP contribution is -2.27. The van der Waals surface area contributed by atoms with E-state index in [1.165, 1.54) is 71.0 Å². The molecule has 0 atom stereocenters. The summed E-state index contributed by atoms with van der Waals surface area (Å²) in [5.74, 6) is 1.83. The topological polar surface area (TPSA) is 51.8 Å². The van der Waals surface area contributed by atoms with Crippen molar-refractivity contribution in [3.05, 3.63) is 199 Å². The van der Waals surface area contributed by atoms with Crippen LogP contribution in [0, 0.1) is 0 Å². The average Bonchev–Trinajstić information content (AvgIpc) is 3.84. The zero-order valence-electron chi connectivity index (χ0n) is 33.7. The first-order valence-electron chi connectivity index (χ1n) is 21.5. The summed E-state index contributed by atoms with van der Waals surface area (Å²) in [6.45, 7) is 0. The van der Waals surface area contributed by atoms with Crippen LogP contribution in [-0.2, 0) is 5.41 Å². The molecule has 10 aromatic rings. The van der Waals surface area contributed by atoms with E-state index >= 15 is 0 Å². The molecule has 2 aromatic heterocycles. The number of fused-ring (bicyclic) bond motifs is 8. The van der Waals surface area contributed by atoms with Crippen molar-refractivity contribution in [3.8, 4) is 78.7 Å². The number of benzene rings is 8. The molecule has 12 rings (SSSR count). The molecule has 290 valence electrons. The minimum absolute atomic E-state index is 0.121. The van der Waals surface area contributed by atoms with Crippen LogP contribution in [0.25, 0.3) is 101 Å². The fraction of sp³-hybridized carbons (Fsp3) is 0.105. The molecule has 0 radical (unpaired) electrons. The number of aromatic nitrogens is 3. The van der Waals surface area contributed by atoms with Crippen molar-refractivity contribution in [2.75, 3.05) is 0 Å². The summed E-state index contributed by atoms with van der Waals surface area (Å²) in [4.78, 5) is 15.4. The van der Waals surface area contributed by atoms with Crippen molar-refractivity contribution in [2.45, 2.75) is 37.5 Å². The van der Waals surface area contributed by atoms with Gasteiger partial charge in [-0.3, -0.25) is 0 Å². The van der Waals surface area contributed by atoms with Gasteiger partial charge in [-0.1, -0.05) is 177 Å². The maximum absolute atomic E-state index is 6.31. The molecule has 0 bridgehead atoms. The van der Waals surface area contributed by atoms with Gasteiger partial charge in [0.05, 0.1) is 0 Å². The van der Waals surface area contributed by atoms with E-state index in [1.807, 2.05) is 30.3 Å². The van der Waals surface area contributed by atoms with Crippen LogP contribution in [0.15, 0.2) is 192 Å². The Morgan fingerprint density at radius 2 is 0.869 bits per heavy atom. The molecule has 0 N–H and O–H groups in total. The van der Waals surface area contributed by atoms with Crippen LogP contribution in [0.4, 0.5) is 0 Å². The van der Waals surface area contributed by atoms with Crippen LogP contribution < -0.4 is 0 Å². The first-order chi connectivity index (χ1) is 30.2. The van der Waals surface area contributed by atoms with Gasteiger partial charge in [-0.25, -0.2) is 15.0 Å². The highest BCUT2D eigenvalue weighted by molar-refractivity contribution is 6.05. The van der Waals surface area contributed by atoms with Crippen LogP contribution in [-0.4, -0.2) is 15.0 Å². The lowest BCUT2D eigenvalue weighted by Gasteiger charge is -2.36. The maximum Gasteiger partial charge on any atom is 0.164 e. The van der Waals surface area contributed by atoms with Crippen molar-refractivity contribution in [2.24, 2.45) is 0 Å². The molecule has 0 aliphatic heterocycles. The summed E-state index contributed by atoms with van der Waals surface area (Å²) < 4.78 is 6.31. The Bertz CT molecular complexity index is 3280. The van der Waals surface area contributed by atoms with E-state index in [4.69, 9.17) is 19.4 Å². The van der Waals surface area contributed by atoms with Crippen molar-refractivity contribution < 1.29 is 4.42 Å². The van der Waals surface area contributed by atoms with E-state index in [0.717, 1.165) is 55.3 Å². The summed E-state index contributed by atoms with van der Waals surface area (Å²) in [6.07, 6.45) is 6.34. The average molecular weight is 784 g/mol. The third-order valence-electron chi connectivity index (χ3n) is 13.1. The Kier molecular flexibility index (Phi) is 8.38. The molecule has 2 aliphatic rings. The second-order valence-corrected chi connectivity index (χ2v) is 16.6. The molecule has 1 fully saturated rings. The van der Waals surface area contributed by atoms with Gasteiger partial charge in [0.2, 0.25) is 0 Å². The molecule has 4 nitrogen and oxygen atoms in total. The minimum atomic E-state index is 0.121. The minimum Gasteiger partial charge on any atom is -0.456 e. The summed E-state index contributed by atoms with van der Waals surface area (Å²) in [6, 6.07) is 67.1. The molecule has 0 unspecified atom stereocenters. The van der Waals surface area contributed by atoms with Gasteiger partial charge in [0.15, 0.2) is 17.5 Å². The van der Waals surface area contributed by atoms with E-state index in [2.05, 4.69) is 158 Å². The Hall–Kier alpha value is -7.43. The fourth-order valence-electron chi connectivity index (χ4n) is 10.2. The molecule has 61 heavy (non-hydrogen) atoms. The molecule has 2 heterocycles. The second-order valence-electron chi connectivity index (χ2n) is 16.6. The van der Waals surface area contributed by atoms with Gasteiger partial charge in [0.25, 0.3) is 0 Å². The summed E-state index contributed by atoms with van der Waals surface area (Å²) >= 11 is 0. The van der Waals surface area contributed by atoms with Crippen LogP contribution in [0.2, 0.25) is 0 Å². The van der Waals surface area contributed by atoms with Gasteiger partial charge in [0.1, 0.15) is 11.2 Å². The number of para-hydroxylation sites is 1. The van der Waals surface area contributed by atoms with Gasteiger partial charge in [-0.2, -0.15) is 0 Å². The van der Waals surface area contributed by atoms with Crippen LogP contribution in [0.3, 0.4) is 0 Å². The summed E-state index contributed by atoms with van der Waals surface area (Å²) in [5.41, 5.74) is 17.4. The number of nitrogens with zero attached hydrogens (tertiary/aromatic N) is 3. The summed E-state index contributed by atoms with van der Waals surface area (Å²) in [7, 11) is 0. The zero-order chi connectivity index (χ0) is 40.3. The Balaban J connectivity index is 0.955. The second kappa shape index (κ2) is 14.4. The molecule has 8 aromatic carbocycles. The van der Waals surface area contributed by atoms with Gasteiger partial charge >= 0.3 is 0 Å². The van der Waals surface area contributed by atoms with Crippen molar-refractivity contribution in [1.29, 1.82) is 0 Å².